The fraction of sp³-hybridized carbons (Fsp3) is 0.364. The zero-order valence-corrected chi connectivity index (χ0v) is 7.36. The van der Waals surface area contributed by atoms with E-state index in [-0.39, 0.29) is 6.10 Å². The molecule has 0 spiro atoms. The van der Waals surface area contributed by atoms with Crippen molar-refractivity contribution < 1.29 is 4.74 Å². The van der Waals surface area contributed by atoms with Gasteiger partial charge in [-0.2, -0.15) is 5.26 Å². The van der Waals surface area contributed by atoms with Crippen LogP contribution >= 0.6 is 0 Å². The lowest BCUT2D eigenvalue weighted by molar-refractivity contribution is 0.112. The highest BCUT2D eigenvalue weighted by atomic mass is 16.5. The maximum Gasteiger partial charge on any atom is 0.0991 e. The number of rotatable bonds is 1. The zero-order chi connectivity index (χ0) is 9.10. The summed E-state index contributed by atoms with van der Waals surface area (Å²) >= 11 is 0. The molecule has 66 valence electrons. The molecule has 1 aromatic carbocycles. The molecule has 1 heterocycles. The first-order valence-electron chi connectivity index (χ1n) is 4.52. The van der Waals surface area contributed by atoms with Crippen LogP contribution in [0.3, 0.4) is 0 Å². The predicted octanol–water partition coefficient (Wildman–Crippen LogP) is 2.41. The van der Waals surface area contributed by atoms with Gasteiger partial charge in [0.15, 0.2) is 0 Å². The Balaban J connectivity index is 2.18. The Morgan fingerprint density at radius 1 is 1.31 bits per heavy atom. The van der Waals surface area contributed by atoms with Crippen LogP contribution in [0, 0.1) is 11.3 Å². The SMILES string of the molecule is N#Cc1ccc(C2CCCO2)cc1. The third-order valence-corrected chi connectivity index (χ3v) is 2.34. The predicted molar refractivity (Wildman–Crippen MR) is 49.1 cm³/mol. The maximum atomic E-state index is 8.61. The van der Waals surface area contributed by atoms with Gasteiger partial charge in [-0.25, -0.2) is 0 Å². The molecule has 2 nitrogen and oxygen atoms in total. The van der Waals surface area contributed by atoms with Gasteiger partial charge in [0, 0.05) is 6.61 Å². The summed E-state index contributed by atoms with van der Waals surface area (Å²) < 4.78 is 5.53. The molecule has 0 aliphatic carbocycles. The molecule has 0 saturated carbocycles. The second kappa shape index (κ2) is 3.59. The minimum Gasteiger partial charge on any atom is -0.374 e. The summed E-state index contributed by atoms with van der Waals surface area (Å²) in [4.78, 5) is 0. The van der Waals surface area contributed by atoms with Gasteiger partial charge in [0.2, 0.25) is 0 Å². The van der Waals surface area contributed by atoms with E-state index in [4.69, 9.17) is 10.00 Å². The van der Waals surface area contributed by atoms with Crippen LogP contribution in [0.4, 0.5) is 0 Å². The Morgan fingerprint density at radius 3 is 2.62 bits per heavy atom. The van der Waals surface area contributed by atoms with E-state index in [1.165, 1.54) is 5.56 Å². The van der Waals surface area contributed by atoms with Gasteiger partial charge < -0.3 is 4.74 Å². The number of nitriles is 1. The van der Waals surface area contributed by atoms with Gasteiger partial charge in [0.25, 0.3) is 0 Å². The van der Waals surface area contributed by atoms with E-state index in [9.17, 15) is 0 Å². The van der Waals surface area contributed by atoms with E-state index in [1.54, 1.807) is 0 Å². The Labute approximate surface area is 77.8 Å². The monoisotopic (exact) mass is 173 g/mol. The second-order valence-corrected chi connectivity index (χ2v) is 3.24. The van der Waals surface area contributed by atoms with Crippen molar-refractivity contribution in [2.45, 2.75) is 18.9 Å². The summed E-state index contributed by atoms with van der Waals surface area (Å²) in [6, 6.07) is 9.75. The van der Waals surface area contributed by atoms with Crippen LogP contribution in [0.2, 0.25) is 0 Å². The van der Waals surface area contributed by atoms with Crippen LogP contribution in [0.5, 0.6) is 0 Å². The molecule has 1 atom stereocenters. The average molecular weight is 173 g/mol. The molecule has 0 aromatic heterocycles. The van der Waals surface area contributed by atoms with Gasteiger partial charge in [-0.05, 0) is 30.5 Å². The van der Waals surface area contributed by atoms with Gasteiger partial charge in [0.05, 0.1) is 17.7 Å². The Bertz CT molecular complexity index is 317. The fourth-order valence-electron chi connectivity index (χ4n) is 1.61. The quantitative estimate of drug-likeness (QED) is 0.653. The minimum atomic E-state index is 0.257. The van der Waals surface area contributed by atoms with E-state index < -0.39 is 0 Å². The van der Waals surface area contributed by atoms with Crippen molar-refractivity contribution >= 4 is 0 Å². The first-order valence-corrected chi connectivity index (χ1v) is 4.52. The second-order valence-electron chi connectivity index (χ2n) is 3.24. The van der Waals surface area contributed by atoms with Crippen molar-refractivity contribution in [3.63, 3.8) is 0 Å². The number of nitrogens with zero attached hydrogens (tertiary/aromatic N) is 1. The molecule has 0 amide bonds. The smallest absolute Gasteiger partial charge is 0.0991 e. The Kier molecular flexibility index (Phi) is 2.29. The summed E-state index contributed by atoms with van der Waals surface area (Å²) in [5.41, 5.74) is 1.90. The highest BCUT2D eigenvalue weighted by molar-refractivity contribution is 5.32. The van der Waals surface area contributed by atoms with Crippen LogP contribution < -0.4 is 0 Å². The van der Waals surface area contributed by atoms with Crippen molar-refractivity contribution in [2.24, 2.45) is 0 Å². The lowest BCUT2D eigenvalue weighted by Crippen LogP contribution is -1.94. The molecule has 2 heteroatoms. The van der Waals surface area contributed by atoms with Crippen LogP contribution in [0.25, 0.3) is 0 Å². The Hall–Kier alpha value is -1.33. The molecule has 2 rings (SSSR count). The lowest BCUT2D eigenvalue weighted by atomic mass is 10.1. The lowest BCUT2D eigenvalue weighted by Gasteiger charge is -2.08. The van der Waals surface area contributed by atoms with Crippen LogP contribution in [-0.4, -0.2) is 6.61 Å². The molecular weight excluding hydrogens is 162 g/mol. The summed E-state index contributed by atoms with van der Waals surface area (Å²) in [6.07, 6.45) is 2.50. The van der Waals surface area contributed by atoms with E-state index in [1.807, 2.05) is 24.3 Å². The molecule has 1 unspecified atom stereocenters. The molecule has 0 N–H and O–H groups in total. The van der Waals surface area contributed by atoms with E-state index in [0.29, 0.717) is 5.56 Å². The molecule has 1 aliphatic heterocycles. The zero-order valence-electron chi connectivity index (χ0n) is 7.36. The number of benzene rings is 1. The molecule has 0 radical (unpaired) electrons. The van der Waals surface area contributed by atoms with Crippen molar-refractivity contribution in [1.29, 1.82) is 5.26 Å². The Morgan fingerprint density at radius 2 is 2.08 bits per heavy atom. The van der Waals surface area contributed by atoms with Gasteiger partial charge in [-0.15, -0.1) is 0 Å². The third kappa shape index (κ3) is 1.71. The van der Waals surface area contributed by atoms with Crippen molar-refractivity contribution in [3.8, 4) is 6.07 Å². The van der Waals surface area contributed by atoms with E-state index in [0.717, 1.165) is 19.4 Å². The molecular formula is C11H11NO. The normalized spacial score (nSPS) is 21.3. The van der Waals surface area contributed by atoms with Crippen molar-refractivity contribution in [1.82, 2.24) is 0 Å². The number of hydrogen-bond acceptors (Lipinski definition) is 2. The third-order valence-electron chi connectivity index (χ3n) is 2.34. The molecule has 1 aromatic rings. The van der Waals surface area contributed by atoms with Crippen LogP contribution in [0.15, 0.2) is 24.3 Å². The maximum absolute atomic E-state index is 8.61. The first-order chi connectivity index (χ1) is 6.40. The summed E-state index contributed by atoms with van der Waals surface area (Å²) in [7, 11) is 0. The van der Waals surface area contributed by atoms with Crippen molar-refractivity contribution in [2.75, 3.05) is 6.61 Å². The van der Waals surface area contributed by atoms with Gasteiger partial charge >= 0.3 is 0 Å². The highest BCUT2D eigenvalue weighted by Crippen LogP contribution is 2.28. The molecule has 0 bridgehead atoms. The van der Waals surface area contributed by atoms with E-state index >= 15 is 0 Å². The minimum absolute atomic E-state index is 0.257. The topological polar surface area (TPSA) is 33.0 Å². The largest absolute Gasteiger partial charge is 0.374 e. The summed E-state index contributed by atoms with van der Waals surface area (Å²) in [5.74, 6) is 0. The van der Waals surface area contributed by atoms with Gasteiger partial charge in [-0.1, -0.05) is 12.1 Å². The van der Waals surface area contributed by atoms with Crippen LogP contribution in [0.1, 0.15) is 30.1 Å². The van der Waals surface area contributed by atoms with E-state index in [2.05, 4.69) is 6.07 Å². The van der Waals surface area contributed by atoms with Gasteiger partial charge in [0.1, 0.15) is 0 Å². The number of ether oxygens (including phenoxy) is 1. The summed E-state index contributed by atoms with van der Waals surface area (Å²) in [6.45, 7) is 0.866. The van der Waals surface area contributed by atoms with Crippen LogP contribution in [-0.2, 0) is 4.74 Å². The fourth-order valence-corrected chi connectivity index (χ4v) is 1.61. The standard InChI is InChI=1S/C11H11NO/c12-8-9-3-5-10(6-4-9)11-2-1-7-13-11/h3-6,11H,1-2,7H2. The molecule has 1 aliphatic rings. The number of hydrogen-bond donors (Lipinski definition) is 0. The highest BCUT2D eigenvalue weighted by Gasteiger charge is 2.16. The van der Waals surface area contributed by atoms with Crippen molar-refractivity contribution in [3.05, 3.63) is 35.4 Å². The average Bonchev–Trinajstić information content (AvgIpc) is 2.71. The molecule has 1 fully saturated rings. The molecule has 1 saturated heterocycles. The summed E-state index contributed by atoms with van der Waals surface area (Å²) in [5, 5.41) is 8.61. The molecule has 13 heavy (non-hydrogen) atoms. The first kappa shape index (κ1) is 8.28. The van der Waals surface area contributed by atoms with Gasteiger partial charge in [-0.3, -0.25) is 0 Å².